The Kier molecular flexibility index (Phi) is 4.82. The van der Waals surface area contributed by atoms with E-state index in [9.17, 15) is 4.79 Å². The lowest BCUT2D eigenvalue weighted by molar-refractivity contribution is 0.0526. The second kappa shape index (κ2) is 6.59. The van der Waals surface area contributed by atoms with Crippen molar-refractivity contribution in [2.75, 3.05) is 23.8 Å². The summed E-state index contributed by atoms with van der Waals surface area (Å²) in [5.41, 5.74) is 6.74. The first kappa shape index (κ1) is 14.6. The molecular formula is C15H23N3O2. The molecule has 0 amide bonds. The molecule has 20 heavy (non-hydrogen) atoms. The van der Waals surface area contributed by atoms with E-state index in [1.54, 1.807) is 19.2 Å². The largest absolute Gasteiger partial charge is 0.462 e. The van der Waals surface area contributed by atoms with Crippen molar-refractivity contribution < 1.29 is 9.53 Å². The molecule has 0 radical (unpaired) electrons. The van der Waals surface area contributed by atoms with Crippen molar-refractivity contribution in [1.82, 2.24) is 4.98 Å². The Morgan fingerprint density at radius 1 is 1.50 bits per heavy atom. The number of rotatable bonds is 4. The van der Waals surface area contributed by atoms with E-state index in [4.69, 9.17) is 10.5 Å². The van der Waals surface area contributed by atoms with Gasteiger partial charge in [-0.15, -0.1) is 0 Å². The lowest BCUT2D eigenvalue weighted by atomic mass is 9.99. The van der Waals surface area contributed by atoms with E-state index in [2.05, 4.69) is 16.8 Å². The van der Waals surface area contributed by atoms with Gasteiger partial charge >= 0.3 is 5.97 Å². The Hall–Kier alpha value is -1.78. The van der Waals surface area contributed by atoms with E-state index in [1.807, 2.05) is 0 Å². The zero-order valence-corrected chi connectivity index (χ0v) is 12.3. The number of ether oxygens (including phenoxy) is 1. The SMILES string of the molecule is CCOC(=O)c1cc(N)cnc1N1CCCCC1CC. The van der Waals surface area contributed by atoms with Crippen molar-refractivity contribution in [1.29, 1.82) is 0 Å². The summed E-state index contributed by atoms with van der Waals surface area (Å²) in [5, 5.41) is 0. The van der Waals surface area contributed by atoms with Crippen LogP contribution in [0.15, 0.2) is 12.3 Å². The molecule has 1 aliphatic heterocycles. The van der Waals surface area contributed by atoms with Gasteiger partial charge in [0.15, 0.2) is 0 Å². The third-order valence-electron chi connectivity index (χ3n) is 3.75. The minimum atomic E-state index is -0.345. The van der Waals surface area contributed by atoms with Gasteiger partial charge in [-0.2, -0.15) is 0 Å². The van der Waals surface area contributed by atoms with Crippen LogP contribution in [0.4, 0.5) is 11.5 Å². The minimum absolute atomic E-state index is 0.345. The zero-order chi connectivity index (χ0) is 14.5. The first-order valence-electron chi connectivity index (χ1n) is 7.36. The van der Waals surface area contributed by atoms with Gasteiger partial charge < -0.3 is 15.4 Å². The van der Waals surface area contributed by atoms with Crippen LogP contribution in [0.3, 0.4) is 0 Å². The van der Waals surface area contributed by atoms with Crippen molar-refractivity contribution in [3.8, 4) is 0 Å². The van der Waals surface area contributed by atoms with E-state index in [0.717, 1.165) is 25.8 Å². The second-order valence-electron chi connectivity index (χ2n) is 5.11. The molecule has 5 heteroatoms. The van der Waals surface area contributed by atoms with Gasteiger partial charge in [-0.1, -0.05) is 6.92 Å². The molecule has 0 aliphatic carbocycles. The van der Waals surface area contributed by atoms with Crippen LogP contribution in [0.5, 0.6) is 0 Å². The zero-order valence-electron chi connectivity index (χ0n) is 12.3. The number of hydrogen-bond donors (Lipinski definition) is 1. The normalized spacial score (nSPS) is 18.9. The maximum absolute atomic E-state index is 12.1. The average molecular weight is 277 g/mol. The van der Waals surface area contributed by atoms with Gasteiger partial charge in [0.05, 0.1) is 18.5 Å². The number of esters is 1. The minimum Gasteiger partial charge on any atom is -0.462 e. The molecule has 0 bridgehead atoms. The quantitative estimate of drug-likeness (QED) is 0.857. The van der Waals surface area contributed by atoms with Gasteiger partial charge in [0.25, 0.3) is 0 Å². The van der Waals surface area contributed by atoms with E-state index in [1.165, 1.54) is 6.42 Å². The van der Waals surface area contributed by atoms with E-state index < -0.39 is 0 Å². The summed E-state index contributed by atoms with van der Waals surface area (Å²) in [7, 11) is 0. The maximum Gasteiger partial charge on any atom is 0.341 e. The van der Waals surface area contributed by atoms with Crippen molar-refractivity contribution in [2.24, 2.45) is 0 Å². The van der Waals surface area contributed by atoms with E-state index in [0.29, 0.717) is 29.7 Å². The van der Waals surface area contributed by atoms with Crippen LogP contribution < -0.4 is 10.6 Å². The molecule has 5 nitrogen and oxygen atoms in total. The van der Waals surface area contributed by atoms with Gasteiger partial charge in [0, 0.05) is 12.6 Å². The molecule has 0 spiro atoms. The molecular weight excluding hydrogens is 254 g/mol. The van der Waals surface area contributed by atoms with Crippen molar-refractivity contribution >= 4 is 17.5 Å². The fourth-order valence-electron chi connectivity index (χ4n) is 2.77. The van der Waals surface area contributed by atoms with Gasteiger partial charge in [-0.05, 0) is 38.7 Å². The smallest absolute Gasteiger partial charge is 0.341 e. The van der Waals surface area contributed by atoms with E-state index in [-0.39, 0.29) is 5.97 Å². The highest BCUT2D eigenvalue weighted by atomic mass is 16.5. The summed E-state index contributed by atoms with van der Waals surface area (Å²) >= 11 is 0. The molecule has 1 aromatic rings. The highest BCUT2D eigenvalue weighted by molar-refractivity contribution is 5.95. The molecule has 2 heterocycles. The number of pyridine rings is 1. The first-order valence-corrected chi connectivity index (χ1v) is 7.36. The first-order chi connectivity index (χ1) is 9.67. The topological polar surface area (TPSA) is 68.5 Å². The van der Waals surface area contributed by atoms with Gasteiger partial charge in [-0.25, -0.2) is 9.78 Å². The molecule has 2 N–H and O–H groups in total. The number of carbonyl (C=O) groups excluding carboxylic acids is 1. The molecule has 1 aliphatic rings. The fraction of sp³-hybridized carbons (Fsp3) is 0.600. The van der Waals surface area contributed by atoms with E-state index >= 15 is 0 Å². The lowest BCUT2D eigenvalue weighted by Gasteiger charge is -2.37. The van der Waals surface area contributed by atoms with Crippen molar-refractivity contribution in [3.05, 3.63) is 17.8 Å². The number of piperidine rings is 1. The van der Waals surface area contributed by atoms with Crippen LogP contribution in [-0.4, -0.2) is 30.1 Å². The van der Waals surface area contributed by atoms with Gasteiger partial charge in [0.2, 0.25) is 0 Å². The fourth-order valence-corrected chi connectivity index (χ4v) is 2.77. The third kappa shape index (κ3) is 3.03. The van der Waals surface area contributed by atoms with Crippen molar-refractivity contribution in [3.63, 3.8) is 0 Å². The summed E-state index contributed by atoms with van der Waals surface area (Å²) in [6.07, 6.45) is 6.17. The van der Waals surface area contributed by atoms with Gasteiger partial charge in [-0.3, -0.25) is 0 Å². The summed E-state index contributed by atoms with van der Waals surface area (Å²) in [5.74, 6) is 0.368. The Bertz CT molecular complexity index is 476. The summed E-state index contributed by atoms with van der Waals surface area (Å²) in [6.45, 7) is 5.25. The summed E-state index contributed by atoms with van der Waals surface area (Å²) < 4.78 is 5.12. The third-order valence-corrected chi connectivity index (χ3v) is 3.75. The molecule has 2 rings (SSSR count). The van der Waals surface area contributed by atoms with Crippen LogP contribution >= 0.6 is 0 Å². The van der Waals surface area contributed by atoms with Gasteiger partial charge in [0.1, 0.15) is 11.4 Å². The Morgan fingerprint density at radius 3 is 3.00 bits per heavy atom. The Morgan fingerprint density at radius 2 is 2.30 bits per heavy atom. The molecule has 1 aromatic heterocycles. The predicted octanol–water partition coefficient (Wildman–Crippen LogP) is 2.61. The molecule has 0 aromatic carbocycles. The number of aromatic nitrogens is 1. The molecule has 1 fully saturated rings. The Balaban J connectivity index is 2.36. The van der Waals surface area contributed by atoms with Crippen molar-refractivity contribution in [2.45, 2.75) is 45.6 Å². The van der Waals surface area contributed by atoms with Crippen LogP contribution in [0.2, 0.25) is 0 Å². The van der Waals surface area contributed by atoms with Crippen LogP contribution in [-0.2, 0) is 4.74 Å². The Labute approximate surface area is 120 Å². The maximum atomic E-state index is 12.1. The predicted molar refractivity (Wildman–Crippen MR) is 79.9 cm³/mol. The average Bonchev–Trinajstić information content (AvgIpc) is 2.47. The number of anilines is 2. The second-order valence-corrected chi connectivity index (χ2v) is 5.11. The molecule has 1 saturated heterocycles. The highest BCUT2D eigenvalue weighted by Crippen LogP contribution is 2.29. The number of hydrogen-bond acceptors (Lipinski definition) is 5. The molecule has 1 unspecified atom stereocenters. The highest BCUT2D eigenvalue weighted by Gasteiger charge is 2.26. The van der Waals surface area contributed by atoms with Crippen LogP contribution in [0, 0.1) is 0 Å². The number of carbonyl (C=O) groups is 1. The van der Waals surface area contributed by atoms with Crippen LogP contribution in [0.25, 0.3) is 0 Å². The monoisotopic (exact) mass is 277 g/mol. The lowest BCUT2D eigenvalue weighted by Crippen LogP contribution is -2.40. The number of nitrogens with zero attached hydrogens (tertiary/aromatic N) is 2. The number of nitrogens with two attached hydrogens (primary N) is 1. The summed E-state index contributed by atoms with van der Waals surface area (Å²) in [6, 6.07) is 2.11. The molecule has 1 atom stereocenters. The standard InChI is InChI=1S/C15H23N3O2/c1-3-12-7-5-6-8-18(12)14-13(15(19)20-4-2)9-11(16)10-17-14/h9-10,12H,3-8,16H2,1-2H3. The molecule has 110 valence electrons. The number of nitrogen functional groups attached to an aromatic ring is 1. The summed E-state index contributed by atoms with van der Waals surface area (Å²) in [4.78, 5) is 18.7. The van der Waals surface area contributed by atoms with Crippen LogP contribution in [0.1, 0.15) is 49.9 Å². The molecule has 0 saturated carbocycles.